The minimum atomic E-state index is -4.39. The zero-order valence-electron chi connectivity index (χ0n) is 13.2. The molecule has 3 rings (SSSR count). The number of aryl methyl sites for hydroxylation is 1. The Morgan fingerprint density at radius 3 is 2.35 bits per heavy atom. The van der Waals surface area contributed by atoms with Crippen molar-refractivity contribution >= 4 is 55.9 Å². The van der Waals surface area contributed by atoms with Gasteiger partial charge in [0.2, 0.25) is 0 Å². The minimum Gasteiger partial charge on any atom is -0.322 e. The summed E-state index contributed by atoms with van der Waals surface area (Å²) in [5.41, 5.74) is 1.69. The Kier molecular flexibility index (Phi) is 4.85. The van der Waals surface area contributed by atoms with E-state index in [2.05, 4.69) is 15.3 Å². The summed E-state index contributed by atoms with van der Waals surface area (Å²) < 4.78 is 32.0. The van der Waals surface area contributed by atoms with Gasteiger partial charge in [-0.05, 0) is 42.8 Å². The number of carbonyl (C=O) groups excluding carboxylic acids is 1. The van der Waals surface area contributed by atoms with Gasteiger partial charge in [-0.3, -0.25) is 9.35 Å². The van der Waals surface area contributed by atoms with Gasteiger partial charge in [-0.25, -0.2) is 9.97 Å². The number of aromatic nitrogens is 2. The van der Waals surface area contributed by atoms with E-state index in [-0.39, 0.29) is 26.5 Å². The lowest BCUT2D eigenvalue weighted by atomic mass is 10.1. The van der Waals surface area contributed by atoms with Crippen LogP contribution in [0.25, 0.3) is 11.0 Å². The van der Waals surface area contributed by atoms with Crippen molar-refractivity contribution in [3.05, 3.63) is 57.8 Å². The van der Waals surface area contributed by atoms with Gasteiger partial charge in [0.15, 0.2) is 10.3 Å². The van der Waals surface area contributed by atoms with Gasteiger partial charge < -0.3 is 5.32 Å². The van der Waals surface area contributed by atoms with Crippen molar-refractivity contribution < 1.29 is 17.8 Å². The first-order valence-electron chi connectivity index (χ1n) is 7.17. The molecule has 0 aliphatic carbocycles. The van der Waals surface area contributed by atoms with E-state index in [0.717, 1.165) is 0 Å². The molecule has 2 aromatic carbocycles. The molecule has 0 aliphatic rings. The highest BCUT2D eigenvalue weighted by atomic mass is 35.5. The van der Waals surface area contributed by atoms with E-state index >= 15 is 0 Å². The SMILES string of the molecule is Cc1ccc(NC(=O)c2ccc3nc(Cl)c(Cl)nc3c2)cc1S(=O)(=O)O. The molecule has 0 saturated carbocycles. The van der Waals surface area contributed by atoms with Crippen LogP contribution in [0.3, 0.4) is 0 Å². The van der Waals surface area contributed by atoms with Crippen LogP contribution in [-0.2, 0) is 10.1 Å². The molecule has 0 aliphatic heterocycles. The number of amides is 1. The zero-order chi connectivity index (χ0) is 19.1. The maximum Gasteiger partial charge on any atom is 0.294 e. The minimum absolute atomic E-state index is 0.0213. The van der Waals surface area contributed by atoms with Crippen LogP contribution >= 0.6 is 23.2 Å². The fourth-order valence-corrected chi connectivity index (χ4v) is 3.33. The van der Waals surface area contributed by atoms with E-state index in [1.165, 1.54) is 37.3 Å². The third-order valence-corrected chi connectivity index (χ3v) is 5.19. The maximum atomic E-state index is 12.4. The number of hydrogen-bond donors (Lipinski definition) is 2. The highest BCUT2D eigenvalue weighted by Gasteiger charge is 2.15. The Hall–Kier alpha value is -2.26. The van der Waals surface area contributed by atoms with Crippen molar-refractivity contribution in [3.63, 3.8) is 0 Å². The van der Waals surface area contributed by atoms with Gasteiger partial charge in [0.1, 0.15) is 0 Å². The first-order chi connectivity index (χ1) is 12.1. The molecule has 26 heavy (non-hydrogen) atoms. The largest absolute Gasteiger partial charge is 0.322 e. The Labute approximate surface area is 158 Å². The number of nitrogens with one attached hydrogen (secondary N) is 1. The van der Waals surface area contributed by atoms with Gasteiger partial charge in [-0.2, -0.15) is 8.42 Å². The van der Waals surface area contributed by atoms with Crippen molar-refractivity contribution in [2.24, 2.45) is 0 Å². The highest BCUT2D eigenvalue weighted by molar-refractivity contribution is 7.85. The van der Waals surface area contributed by atoms with Crippen molar-refractivity contribution in [1.82, 2.24) is 9.97 Å². The Morgan fingerprint density at radius 2 is 1.69 bits per heavy atom. The lowest BCUT2D eigenvalue weighted by Gasteiger charge is -2.09. The van der Waals surface area contributed by atoms with Gasteiger partial charge in [0.05, 0.1) is 15.9 Å². The second-order valence-corrected chi connectivity index (χ2v) is 7.52. The molecule has 10 heteroatoms. The Balaban J connectivity index is 1.93. The second-order valence-electron chi connectivity index (χ2n) is 5.42. The Morgan fingerprint density at radius 1 is 1.04 bits per heavy atom. The van der Waals surface area contributed by atoms with Gasteiger partial charge in [0, 0.05) is 11.3 Å². The average Bonchev–Trinajstić information content (AvgIpc) is 2.56. The third kappa shape index (κ3) is 3.78. The van der Waals surface area contributed by atoms with Crippen molar-refractivity contribution in [1.29, 1.82) is 0 Å². The predicted molar refractivity (Wildman–Crippen MR) is 98.5 cm³/mol. The smallest absolute Gasteiger partial charge is 0.294 e. The summed E-state index contributed by atoms with van der Waals surface area (Å²) in [5.74, 6) is -0.495. The van der Waals surface area contributed by atoms with Gasteiger partial charge in [0.25, 0.3) is 16.0 Å². The fraction of sp³-hybridized carbons (Fsp3) is 0.0625. The van der Waals surface area contributed by atoms with Crippen molar-refractivity contribution in [2.75, 3.05) is 5.32 Å². The number of carbonyl (C=O) groups is 1. The third-order valence-electron chi connectivity index (χ3n) is 3.57. The summed E-state index contributed by atoms with van der Waals surface area (Å²) in [4.78, 5) is 20.3. The molecule has 1 heterocycles. The molecule has 134 valence electrons. The van der Waals surface area contributed by atoms with E-state index in [0.29, 0.717) is 16.6 Å². The fourth-order valence-electron chi connectivity index (χ4n) is 2.31. The summed E-state index contributed by atoms with van der Waals surface area (Å²) in [6.45, 7) is 1.53. The molecular formula is C16H11Cl2N3O4S. The van der Waals surface area contributed by atoms with Crippen LogP contribution in [0.5, 0.6) is 0 Å². The number of rotatable bonds is 3. The number of nitrogens with zero attached hydrogens (tertiary/aromatic N) is 2. The van der Waals surface area contributed by atoms with Crippen molar-refractivity contribution in [2.45, 2.75) is 11.8 Å². The number of hydrogen-bond acceptors (Lipinski definition) is 5. The van der Waals surface area contributed by atoms with E-state index in [1.807, 2.05) is 0 Å². The summed E-state index contributed by atoms with van der Waals surface area (Å²) in [5, 5.41) is 2.65. The molecule has 2 N–H and O–H groups in total. The maximum absolute atomic E-state index is 12.4. The van der Waals surface area contributed by atoms with Crippen LogP contribution in [0.2, 0.25) is 10.3 Å². The number of halogens is 2. The number of benzene rings is 2. The second kappa shape index (κ2) is 6.81. The summed E-state index contributed by atoms with van der Waals surface area (Å²) >= 11 is 11.6. The lowest BCUT2D eigenvalue weighted by molar-refractivity contribution is 0.102. The normalized spacial score (nSPS) is 11.5. The highest BCUT2D eigenvalue weighted by Crippen LogP contribution is 2.23. The Bertz CT molecular complexity index is 1150. The molecule has 0 saturated heterocycles. The van der Waals surface area contributed by atoms with E-state index < -0.39 is 16.0 Å². The quantitative estimate of drug-likeness (QED) is 0.635. The van der Waals surface area contributed by atoms with Crippen LogP contribution in [0, 0.1) is 6.92 Å². The van der Waals surface area contributed by atoms with Gasteiger partial charge in [-0.15, -0.1) is 0 Å². The molecule has 0 atom stereocenters. The molecule has 0 bridgehead atoms. The molecule has 7 nitrogen and oxygen atoms in total. The van der Waals surface area contributed by atoms with Crippen LogP contribution in [0.4, 0.5) is 5.69 Å². The van der Waals surface area contributed by atoms with Crippen LogP contribution in [-0.4, -0.2) is 28.8 Å². The van der Waals surface area contributed by atoms with Gasteiger partial charge in [-0.1, -0.05) is 29.3 Å². The average molecular weight is 412 g/mol. The number of fused-ring (bicyclic) bond motifs is 1. The molecule has 0 radical (unpaired) electrons. The van der Waals surface area contributed by atoms with Gasteiger partial charge >= 0.3 is 0 Å². The van der Waals surface area contributed by atoms with E-state index in [9.17, 15) is 17.8 Å². The molecule has 0 fully saturated rings. The molecule has 3 aromatic rings. The molecule has 1 aromatic heterocycles. The first kappa shape index (κ1) is 18.5. The molecule has 0 spiro atoms. The van der Waals surface area contributed by atoms with Crippen LogP contribution in [0.15, 0.2) is 41.3 Å². The number of anilines is 1. The van der Waals surface area contributed by atoms with E-state index in [1.54, 1.807) is 6.07 Å². The standard InChI is InChI=1S/C16H11Cl2N3O4S/c1-8-2-4-10(7-13(8)26(23,24)25)19-16(22)9-3-5-11-12(6-9)21-15(18)14(17)20-11/h2-7H,1H3,(H,19,22)(H,23,24,25). The van der Waals surface area contributed by atoms with Crippen molar-refractivity contribution in [3.8, 4) is 0 Å². The van der Waals surface area contributed by atoms with Crippen LogP contribution in [0.1, 0.15) is 15.9 Å². The first-order valence-corrected chi connectivity index (χ1v) is 9.37. The lowest BCUT2D eigenvalue weighted by Crippen LogP contribution is -2.13. The summed E-state index contributed by atoms with van der Waals surface area (Å²) in [6.07, 6.45) is 0. The summed E-state index contributed by atoms with van der Waals surface area (Å²) in [6, 6.07) is 8.76. The molecule has 0 unspecified atom stereocenters. The van der Waals surface area contributed by atoms with Crippen LogP contribution < -0.4 is 5.32 Å². The monoisotopic (exact) mass is 411 g/mol. The summed E-state index contributed by atoms with van der Waals surface area (Å²) in [7, 11) is -4.39. The molecular weight excluding hydrogens is 401 g/mol. The zero-order valence-corrected chi connectivity index (χ0v) is 15.5. The van der Waals surface area contributed by atoms with E-state index in [4.69, 9.17) is 23.2 Å². The topological polar surface area (TPSA) is 109 Å². The predicted octanol–water partition coefficient (Wildman–Crippen LogP) is 3.74. The molecule has 1 amide bonds.